The Hall–Kier alpha value is -0.770. The largest absolute Gasteiger partial charge is 0.397 e. The first kappa shape index (κ1) is 14.3. The van der Waals surface area contributed by atoms with Crippen LogP contribution in [0.5, 0.6) is 0 Å². The molecule has 0 spiro atoms. The van der Waals surface area contributed by atoms with E-state index >= 15 is 0 Å². The second kappa shape index (κ2) is 6.84. The average Bonchev–Trinajstić information content (AvgIpc) is 2.26. The van der Waals surface area contributed by atoms with Crippen molar-refractivity contribution < 1.29 is 4.39 Å². The Labute approximate surface area is 111 Å². The lowest BCUT2D eigenvalue weighted by molar-refractivity contribution is 0.610. The molecule has 1 unspecified atom stereocenters. The van der Waals surface area contributed by atoms with Crippen LogP contribution < -0.4 is 11.1 Å². The highest BCUT2D eigenvalue weighted by Crippen LogP contribution is 2.27. The van der Waals surface area contributed by atoms with Crippen LogP contribution in [0, 0.1) is 5.82 Å². The van der Waals surface area contributed by atoms with Gasteiger partial charge in [0.15, 0.2) is 0 Å². The molecule has 0 fully saturated rings. The Morgan fingerprint density at radius 3 is 2.76 bits per heavy atom. The number of hydrogen-bond acceptors (Lipinski definition) is 2. The van der Waals surface area contributed by atoms with Crippen molar-refractivity contribution in [2.45, 2.75) is 45.6 Å². The maximum Gasteiger partial charge on any atom is 0.139 e. The summed E-state index contributed by atoms with van der Waals surface area (Å²) in [5.41, 5.74) is 7.08. The number of unbranched alkanes of at least 4 members (excludes halogenated alkanes) is 2. The summed E-state index contributed by atoms with van der Waals surface area (Å²) >= 11 is 3.11. The molecular weight excluding hydrogens is 283 g/mol. The van der Waals surface area contributed by atoms with Gasteiger partial charge in [-0.2, -0.15) is 0 Å². The molecule has 0 bridgehead atoms. The van der Waals surface area contributed by atoms with Crippen molar-refractivity contribution in [1.29, 1.82) is 0 Å². The minimum atomic E-state index is -0.289. The van der Waals surface area contributed by atoms with Crippen molar-refractivity contribution in [3.05, 3.63) is 22.4 Å². The molecule has 1 aromatic rings. The standard InChI is InChI=1S/C13H20BrFN2/c1-3-4-5-6-9(2)17-13-8-11(15)10(14)7-12(13)16/h7-9,17H,3-6,16H2,1-2H3. The summed E-state index contributed by atoms with van der Waals surface area (Å²) in [5.74, 6) is -0.289. The van der Waals surface area contributed by atoms with Crippen LogP contribution in [0.25, 0.3) is 0 Å². The number of rotatable bonds is 6. The third kappa shape index (κ3) is 4.54. The van der Waals surface area contributed by atoms with Gasteiger partial charge in [0.1, 0.15) is 5.82 Å². The van der Waals surface area contributed by atoms with E-state index in [2.05, 4.69) is 35.1 Å². The molecule has 0 aromatic heterocycles. The highest BCUT2D eigenvalue weighted by atomic mass is 79.9. The summed E-state index contributed by atoms with van der Waals surface area (Å²) in [6.45, 7) is 4.27. The lowest BCUT2D eigenvalue weighted by Crippen LogP contribution is -2.16. The molecule has 1 aromatic carbocycles. The van der Waals surface area contributed by atoms with E-state index in [-0.39, 0.29) is 5.82 Å². The molecule has 0 saturated carbocycles. The van der Waals surface area contributed by atoms with Crippen LogP contribution in [-0.2, 0) is 0 Å². The maximum absolute atomic E-state index is 13.4. The number of anilines is 2. The number of nitrogen functional groups attached to an aromatic ring is 1. The van der Waals surface area contributed by atoms with Crippen LogP contribution in [0.3, 0.4) is 0 Å². The van der Waals surface area contributed by atoms with Gasteiger partial charge < -0.3 is 11.1 Å². The first-order valence-corrected chi connectivity index (χ1v) is 6.85. The van der Waals surface area contributed by atoms with Crippen LogP contribution in [-0.4, -0.2) is 6.04 Å². The number of nitrogens with one attached hydrogen (secondary N) is 1. The van der Waals surface area contributed by atoms with Gasteiger partial charge in [0.2, 0.25) is 0 Å². The summed E-state index contributed by atoms with van der Waals surface area (Å²) < 4.78 is 13.8. The highest BCUT2D eigenvalue weighted by Gasteiger charge is 2.08. The van der Waals surface area contributed by atoms with Crippen molar-refractivity contribution in [1.82, 2.24) is 0 Å². The number of benzene rings is 1. The smallest absolute Gasteiger partial charge is 0.139 e. The zero-order chi connectivity index (χ0) is 12.8. The summed E-state index contributed by atoms with van der Waals surface area (Å²) in [5, 5.41) is 3.25. The van der Waals surface area contributed by atoms with Gasteiger partial charge in [0.25, 0.3) is 0 Å². The number of hydrogen-bond donors (Lipinski definition) is 2. The molecule has 0 aliphatic carbocycles. The second-order valence-corrected chi connectivity index (χ2v) is 5.25. The number of halogens is 2. The zero-order valence-electron chi connectivity index (χ0n) is 10.4. The maximum atomic E-state index is 13.4. The van der Waals surface area contributed by atoms with Crippen LogP contribution >= 0.6 is 15.9 Å². The SMILES string of the molecule is CCCCCC(C)Nc1cc(F)c(Br)cc1N. The molecule has 3 N–H and O–H groups in total. The molecule has 2 nitrogen and oxygen atoms in total. The fourth-order valence-electron chi connectivity index (χ4n) is 1.73. The van der Waals surface area contributed by atoms with Gasteiger partial charge in [0, 0.05) is 12.1 Å². The first-order chi connectivity index (χ1) is 8.04. The minimum absolute atomic E-state index is 0.289. The van der Waals surface area contributed by atoms with E-state index in [4.69, 9.17) is 5.73 Å². The summed E-state index contributed by atoms with van der Waals surface area (Å²) in [4.78, 5) is 0. The average molecular weight is 303 g/mol. The molecule has 0 heterocycles. The Bertz CT molecular complexity index is 369. The first-order valence-electron chi connectivity index (χ1n) is 6.05. The molecule has 0 aliphatic heterocycles. The van der Waals surface area contributed by atoms with E-state index in [9.17, 15) is 4.39 Å². The monoisotopic (exact) mass is 302 g/mol. The van der Waals surface area contributed by atoms with Gasteiger partial charge in [-0.1, -0.05) is 26.2 Å². The lowest BCUT2D eigenvalue weighted by Gasteiger charge is -2.17. The summed E-state index contributed by atoms with van der Waals surface area (Å²) in [7, 11) is 0. The van der Waals surface area contributed by atoms with Crippen molar-refractivity contribution in [3.63, 3.8) is 0 Å². The van der Waals surface area contributed by atoms with Gasteiger partial charge in [-0.3, -0.25) is 0 Å². The van der Waals surface area contributed by atoms with Crippen molar-refractivity contribution in [2.75, 3.05) is 11.1 Å². The summed E-state index contributed by atoms with van der Waals surface area (Å²) in [6.07, 6.45) is 4.70. The predicted octanol–water partition coefficient (Wildman–Crippen LogP) is 4.55. The normalized spacial score (nSPS) is 12.5. The Balaban J connectivity index is 2.58. The molecule has 0 aliphatic rings. The van der Waals surface area contributed by atoms with E-state index in [1.807, 2.05) is 0 Å². The quantitative estimate of drug-likeness (QED) is 0.597. The third-order valence-corrected chi connectivity index (χ3v) is 3.34. The topological polar surface area (TPSA) is 38.0 Å². The van der Waals surface area contributed by atoms with E-state index in [1.165, 1.54) is 25.3 Å². The second-order valence-electron chi connectivity index (χ2n) is 4.39. The van der Waals surface area contributed by atoms with Gasteiger partial charge >= 0.3 is 0 Å². The molecule has 17 heavy (non-hydrogen) atoms. The van der Waals surface area contributed by atoms with Gasteiger partial charge in [-0.05, 0) is 35.3 Å². The molecule has 1 rings (SSSR count). The zero-order valence-corrected chi connectivity index (χ0v) is 12.0. The van der Waals surface area contributed by atoms with Crippen molar-refractivity contribution in [3.8, 4) is 0 Å². The predicted molar refractivity (Wildman–Crippen MR) is 75.7 cm³/mol. The fourth-order valence-corrected chi connectivity index (χ4v) is 2.09. The molecule has 0 radical (unpaired) electrons. The van der Waals surface area contributed by atoms with Gasteiger partial charge in [-0.25, -0.2) is 4.39 Å². The molecule has 0 amide bonds. The number of nitrogens with two attached hydrogens (primary N) is 1. The Morgan fingerprint density at radius 1 is 1.41 bits per heavy atom. The lowest BCUT2D eigenvalue weighted by atomic mass is 10.1. The van der Waals surface area contributed by atoms with Crippen LogP contribution in [0.1, 0.15) is 39.5 Å². The van der Waals surface area contributed by atoms with E-state index < -0.39 is 0 Å². The Morgan fingerprint density at radius 2 is 2.12 bits per heavy atom. The fraction of sp³-hybridized carbons (Fsp3) is 0.538. The van der Waals surface area contributed by atoms with Gasteiger partial charge in [0.05, 0.1) is 15.8 Å². The van der Waals surface area contributed by atoms with E-state index in [0.717, 1.165) is 6.42 Å². The third-order valence-electron chi connectivity index (χ3n) is 2.74. The molecule has 0 saturated heterocycles. The minimum Gasteiger partial charge on any atom is -0.397 e. The van der Waals surface area contributed by atoms with Crippen LogP contribution in [0.15, 0.2) is 16.6 Å². The van der Waals surface area contributed by atoms with Crippen molar-refractivity contribution >= 4 is 27.3 Å². The van der Waals surface area contributed by atoms with Crippen molar-refractivity contribution in [2.24, 2.45) is 0 Å². The molecular formula is C13H20BrFN2. The van der Waals surface area contributed by atoms with E-state index in [1.54, 1.807) is 6.07 Å². The highest BCUT2D eigenvalue weighted by molar-refractivity contribution is 9.10. The van der Waals surface area contributed by atoms with E-state index in [0.29, 0.717) is 21.9 Å². The summed E-state index contributed by atoms with van der Waals surface area (Å²) in [6, 6.07) is 3.34. The molecule has 96 valence electrons. The van der Waals surface area contributed by atoms with Crippen LogP contribution in [0.2, 0.25) is 0 Å². The van der Waals surface area contributed by atoms with Gasteiger partial charge in [-0.15, -0.1) is 0 Å². The Kier molecular flexibility index (Phi) is 5.75. The molecule has 1 atom stereocenters. The molecule has 4 heteroatoms. The van der Waals surface area contributed by atoms with Crippen LogP contribution in [0.4, 0.5) is 15.8 Å².